The maximum Gasteiger partial charge on any atom is 0.124 e. The summed E-state index contributed by atoms with van der Waals surface area (Å²) < 4.78 is 21.5. The van der Waals surface area contributed by atoms with Crippen LogP contribution < -0.4 is 9.64 Å². The van der Waals surface area contributed by atoms with Crippen LogP contribution in [0.5, 0.6) is 5.75 Å². The predicted octanol–water partition coefficient (Wildman–Crippen LogP) is 2.43. The lowest BCUT2D eigenvalue weighted by atomic mass is 10.1. The molecule has 1 aromatic rings. The van der Waals surface area contributed by atoms with Crippen molar-refractivity contribution in [3.05, 3.63) is 23.3 Å². The van der Waals surface area contributed by atoms with E-state index >= 15 is 0 Å². The number of methoxy groups -OCH3 is 1. The zero-order valence-electron chi connectivity index (χ0n) is 14.5. The molecule has 22 heavy (non-hydrogen) atoms. The van der Waals surface area contributed by atoms with E-state index in [9.17, 15) is 0 Å². The SMILES string of the molecule is COCCOCCOCCOc1cc(C)cc(N(C)C)c1C. The van der Waals surface area contributed by atoms with Crippen molar-refractivity contribution in [1.29, 1.82) is 0 Å². The summed E-state index contributed by atoms with van der Waals surface area (Å²) >= 11 is 0. The molecule has 0 saturated heterocycles. The third-order valence-electron chi connectivity index (χ3n) is 3.25. The first kappa shape index (κ1) is 18.7. The minimum atomic E-state index is 0.537. The second-order valence-corrected chi connectivity index (χ2v) is 5.37. The number of nitrogens with zero attached hydrogens (tertiary/aromatic N) is 1. The van der Waals surface area contributed by atoms with E-state index in [1.807, 2.05) is 14.1 Å². The summed E-state index contributed by atoms with van der Waals surface area (Å²) in [7, 11) is 5.74. The first-order chi connectivity index (χ1) is 10.6. The summed E-state index contributed by atoms with van der Waals surface area (Å²) in [6.45, 7) is 7.62. The lowest BCUT2D eigenvalue weighted by molar-refractivity contribution is 0.0179. The van der Waals surface area contributed by atoms with Crippen molar-refractivity contribution in [2.75, 3.05) is 65.7 Å². The van der Waals surface area contributed by atoms with Crippen LogP contribution >= 0.6 is 0 Å². The zero-order valence-corrected chi connectivity index (χ0v) is 14.5. The molecule has 0 aliphatic rings. The molecule has 0 saturated carbocycles. The summed E-state index contributed by atoms with van der Waals surface area (Å²) in [5.74, 6) is 0.920. The minimum absolute atomic E-state index is 0.537. The third kappa shape index (κ3) is 6.64. The standard InChI is InChI=1S/C17H29NO4/c1-14-12-16(18(3)4)15(2)17(13-14)22-11-10-21-9-8-20-7-6-19-5/h12-13H,6-11H2,1-5H3. The van der Waals surface area contributed by atoms with Gasteiger partial charge in [0.15, 0.2) is 0 Å². The van der Waals surface area contributed by atoms with Crippen LogP contribution in [0.1, 0.15) is 11.1 Å². The topological polar surface area (TPSA) is 40.2 Å². The number of anilines is 1. The van der Waals surface area contributed by atoms with E-state index in [0.29, 0.717) is 39.6 Å². The van der Waals surface area contributed by atoms with Crippen LogP contribution in [0.15, 0.2) is 12.1 Å². The lowest BCUT2D eigenvalue weighted by Gasteiger charge is -2.19. The van der Waals surface area contributed by atoms with E-state index in [2.05, 4.69) is 30.9 Å². The lowest BCUT2D eigenvalue weighted by Crippen LogP contribution is -2.14. The van der Waals surface area contributed by atoms with Crippen molar-refractivity contribution < 1.29 is 18.9 Å². The molecule has 0 aromatic heterocycles. The van der Waals surface area contributed by atoms with Crippen molar-refractivity contribution in [1.82, 2.24) is 0 Å². The molecule has 0 N–H and O–H groups in total. The van der Waals surface area contributed by atoms with E-state index in [1.54, 1.807) is 7.11 Å². The van der Waals surface area contributed by atoms with Gasteiger partial charge in [-0.15, -0.1) is 0 Å². The quantitative estimate of drug-likeness (QED) is 0.587. The van der Waals surface area contributed by atoms with Crippen molar-refractivity contribution in [2.24, 2.45) is 0 Å². The first-order valence-corrected chi connectivity index (χ1v) is 7.62. The number of hydrogen-bond donors (Lipinski definition) is 0. The largest absolute Gasteiger partial charge is 0.491 e. The maximum absolute atomic E-state index is 5.84. The molecule has 1 rings (SSSR count). The molecule has 0 aliphatic heterocycles. The highest BCUT2D eigenvalue weighted by molar-refractivity contribution is 5.59. The van der Waals surface area contributed by atoms with Gasteiger partial charge in [0.05, 0.1) is 33.0 Å². The second kappa shape index (κ2) is 10.4. The van der Waals surface area contributed by atoms with Gasteiger partial charge < -0.3 is 23.8 Å². The normalized spacial score (nSPS) is 10.8. The molecular formula is C17H29NO4. The van der Waals surface area contributed by atoms with Gasteiger partial charge in [0.1, 0.15) is 12.4 Å². The van der Waals surface area contributed by atoms with E-state index in [4.69, 9.17) is 18.9 Å². The van der Waals surface area contributed by atoms with E-state index in [0.717, 1.165) is 11.3 Å². The van der Waals surface area contributed by atoms with E-state index < -0.39 is 0 Å². The van der Waals surface area contributed by atoms with Gasteiger partial charge in [0.25, 0.3) is 0 Å². The average molecular weight is 311 g/mol. The molecule has 0 fully saturated rings. The van der Waals surface area contributed by atoms with Gasteiger partial charge in [0, 0.05) is 32.5 Å². The highest BCUT2D eigenvalue weighted by Gasteiger charge is 2.08. The van der Waals surface area contributed by atoms with Gasteiger partial charge in [0.2, 0.25) is 0 Å². The molecule has 1 aromatic carbocycles. The second-order valence-electron chi connectivity index (χ2n) is 5.37. The van der Waals surface area contributed by atoms with Crippen LogP contribution in [0.4, 0.5) is 5.69 Å². The summed E-state index contributed by atoms with van der Waals surface area (Å²) in [5, 5.41) is 0. The average Bonchev–Trinajstić information content (AvgIpc) is 2.48. The van der Waals surface area contributed by atoms with Gasteiger partial charge in [-0.3, -0.25) is 0 Å². The molecule has 0 atom stereocenters. The molecule has 5 heteroatoms. The Balaban J connectivity index is 2.28. The minimum Gasteiger partial charge on any atom is -0.491 e. The van der Waals surface area contributed by atoms with Crippen molar-refractivity contribution in [2.45, 2.75) is 13.8 Å². The number of aryl methyl sites for hydroxylation is 1. The number of hydrogen-bond acceptors (Lipinski definition) is 5. The summed E-state index contributed by atoms with van der Waals surface area (Å²) in [6, 6.07) is 4.23. The number of ether oxygens (including phenoxy) is 4. The van der Waals surface area contributed by atoms with Crippen molar-refractivity contribution in [3.8, 4) is 5.75 Å². The van der Waals surface area contributed by atoms with E-state index in [-0.39, 0.29) is 0 Å². The molecule has 0 bridgehead atoms. The van der Waals surface area contributed by atoms with Gasteiger partial charge in [-0.2, -0.15) is 0 Å². The van der Waals surface area contributed by atoms with E-state index in [1.165, 1.54) is 11.3 Å². The molecule has 0 radical (unpaired) electrons. The summed E-state index contributed by atoms with van der Waals surface area (Å²) in [4.78, 5) is 2.10. The third-order valence-corrected chi connectivity index (χ3v) is 3.25. The first-order valence-electron chi connectivity index (χ1n) is 7.62. The Kier molecular flexibility index (Phi) is 8.89. The van der Waals surface area contributed by atoms with Gasteiger partial charge in [-0.1, -0.05) is 0 Å². The van der Waals surface area contributed by atoms with Gasteiger partial charge in [-0.05, 0) is 31.5 Å². The highest BCUT2D eigenvalue weighted by atomic mass is 16.6. The number of benzene rings is 1. The molecule has 0 unspecified atom stereocenters. The van der Waals surface area contributed by atoms with Gasteiger partial charge >= 0.3 is 0 Å². The smallest absolute Gasteiger partial charge is 0.124 e. The fourth-order valence-corrected chi connectivity index (χ4v) is 2.10. The zero-order chi connectivity index (χ0) is 16.4. The Labute approximate surface area is 134 Å². The molecule has 0 aliphatic carbocycles. The monoisotopic (exact) mass is 311 g/mol. The fourth-order valence-electron chi connectivity index (χ4n) is 2.10. The summed E-state index contributed by atoms with van der Waals surface area (Å²) in [5.41, 5.74) is 3.53. The molecule has 5 nitrogen and oxygen atoms in total. The molecule has 126 valence electrons. The molecule has 0 spiro atoms. The van der Waals surface area contributed by atoms with Crippen LogP contribution in [0.3, 0.4) is 0 Å². The van der Waals surface area contributed by atoms with Crippen LogP contribution in [0.25, 0.3) is 0 Å². The van der Waals surface area contributed by atoms with Crippen LogP contribution in [-0.2, 0) is 14.2 Å². The summed E-state index contributed by atoms with van der Waals surface area (Å²) in [6.07, 6.45) is 0. The Morgan fingerprint density at radius 2 is 1.45 bits per heavy atom. The molecular weight excluding hydrogens is 282 g/mol. The van der Waals surface area contributed by atoms with Crippen molar-refractivity contribution in [3.63, 3.8) is 0 Å². The molecule has 0 amide bonds. The van der Waals surface area contributed by atoms with Gasteiger partial charge in [-0.25, -0.2) is 0 Å². The van der Waals surface area contributed by atoms with Crippen LogP contribution in [0, 0.1) is 13.8 Å². The van der Waals surface area contributed by atoms with Crippen LogP contribution in [-0.4, -0.2) is 60.8 Å². The van der Waals surface area contributed by atoms with Crippen LogP contribution in [0.2, 0.25) is 0 Å². The Bertz CT molecular complexity index is 435. The van der Waals surface area contributed by atoms with Crippen molar-refractivity contribution >= 4 is 5.69 Å². The highest BCUT2D eigenvalue weighted by Crippen LogP contribution is 2.29. The Morgan fingerprint density at radius 3 is 2.05 bits per heavy atom. The Hall–Kier alpha value is -1.30. The molecule has 0 heterocycles. The Morgan fingerprint density at radius 1 is 0.864 bits per heavy atom. The maximum atomic E-state index is 5.84. The fraction of sp³-hybridized carbons (Fsp3) is 0.647. The predicted molar refractivity (Wildman–Crippen MR) is 89.3 cm³/mol. The number of rotatable bonds is 11.